The van der Waals surface area contributed by atoms with E-state index in [1.54, 1.807) is 17.9 Å². The number of halogens is 3. The van der Waals surface area contributed by atoms with Crippen LogP contribution >= 0.6 is 0 Å². The van der Waals surface area contributed by atoms with Gasteiger partial charge in [0.25, 0.3) is 0 Å². The third-order valence-electron chi connectivity index (χ3n) is 3.71. The molecule has 2 unspecified atom stereocenters. The van der Waals surface area contributed by atoms with Crippen LogP contribution in [0.15, 0.2) is 18.2 Å². The van der Waals surface area contributed by atoms with Crippen LogP contribution in [0.2, 0.25) is 0 Å². The Bertz CT molecular complexity index is 607. The molecule has 0 radical (unpaired) electrons. The van der Waals surface area contributed by atoms with Crippen molar-refractivity contribution in [1.82, 2.24) is 0 Å². The molecule has 7 heteroatoms. The molecule has 0 saturated carbocycles. The monoisotopic (exact) mass is 298 g/mol. The van der Waals surface area contributed by atoms with Gasteiger partial charge < -0.3 is 10.0 Å². The first-order chi connectivity index (χ1) is 9.74. The van der Waals surface area contributed by atoms with Gasteiger partial charge in [-0.3, -0.25) is 4.79 Å². The van der Waals surface area contributed by atoms with Crippen molar-refractivity contribution in [1.29, 1.82) is 5.26 Å². The van der Waals surface area contributed by atoms with Crippen LogP contribution in [-0.4, -0.2) is 24.2 Å². The lowest BCUT2D eigenvalue weighted by Gasteiger charge is -2.20. The number of hydrogen-bond acceptors (Lipinski definition) is 3. The highest BCUT2D eigenvalue weighted by Crippen LogP contribution is 2.35. The third kappa shape index (κ3) is 2.94. The molecule has 1 heterocycles. The summed E-state index contributed by atoms with van der Waals surface area (Å²) in [6, 6.07) is 4.70. The maximum absolute atomic E-state index is 12.6. The Morgan fingerprint density at radius 1 is 1.43 bits per heavy atom. The zero-order chi connectivity index (χ0) is 15.8. The van der Waals surface area contributed by atoms with Gasteiger partial charge in [-0.05, 0) is 24.1 Å². The van der Waals surface area contributed by atoms with Crippen molar-refractivity contribution in [3.05, 3.63) is 29.3 Å². The summed E-state index contributed by atoms with van der Waals surface area (Å²) < 4.78 is 37.9. The van der Waals surface area contributed by atoms with Crippen LogP contribution in [0.3, 0.4) is 0 Å². The molecule has 1 saturated heterocycles. The summed E-state index contributed by atoms with van der Waals surface area (Å²) in [4.78, 5) is 12.7. The van der Waals surface area contributed by atoms with Crippen LogP contribution in [-0.2, 0) is 11.0 Å². The highest BCUT2D eigenvalue weighted by atomic mass is 19.4. The number of carboxylic acid groups (broad SMARTS) is 1. The molecule has 2 rings (SSSR count). The van der Waals surface area contributed by atoms with E-state index in [0.717, 1.165) is 12.1 Å². The molecular weight excluding hydrogens is 285 g/mol. The Morgan fingerprint density at radius 3 is 2.57 bits per heavy atom. The molecule has 112 valence electrons. The van der Waals surface area contributed by atoms with Crippen molar-refractivity contribution >= 4 is 11.7 Å². The number of carboxylic acids is 1. The fourth-order valence-corrected chi connectivity index (χ4v) is 2.56. The van der Waals surface area contributed by atoms with E-state index in [0.29, 0.717) is 12.2 Å². The second kappa shape index (κ2) is 5.28. The van der Waals surface area contributed by atoms with E-state index in [-0.39, 0.29) is 18.0 Å². The van der Waals surface area contributed by atoms with Crippen molar-refractivity contribution < 1.29 is 23.1 Å². The molecule has 0 aliphatic carbocycles. The molecule has 1 aromatic rings. The Kier molecular flexibility index (Phi) is 3.81. The Labute approximate surface area is 119 Å². The average Bonchev–Trinajstić information content (AvgIpc) is 2.79. The lowest BCUT2D eigenvalue weighted by atomic mass is 9.99. The van der Waals surface area contributed by atoms with E-state index in [1.807, 2.05) is 0 Å². The van der Waals surface area contributed by atoms with Crippen LogP contribution in [0.5, 0.6) is 0 Å². The third-order valence-corrected chi connectivity index (χ3v) is 3.71. The molecule has 2 atom stereocenters. The van der Waals surface area contributed by atoms with Crippen LogP contribution in [0.25, 0.3) is 0 Å². The molecule has 1 N–H and O–H groups in total. The lowest BCUT2D eigenvalue weighted by molar-refractivity contribution is -0.142. The summed E-state index contributed by atoms with van der Waals surface area (Å²) >= 11 is 0. The quantitative estimate of drug-likeness (QED) is 0.911. The van der Waals surface area contributed by atoms with E-state index >= 15 is 0 Å². The minimum atomic E-state index is -4.51. The van der Waals surface area contributed by atoms with Gasteiger partial charge in [-0.2, -0.15) is 18.4 Å². The molecular formula is C14H13F3N2O2. The number of anilines is 1. The number of carbonyl (C=O) groups is 1. The van der Waals surface area contributed by atoms with E-state index in [4.69, 9.17) is 10.4 Å². The molecule has 1 aromatic carbocycles. The van der Waals surface area contributed by atoms with Crippen molar-refractivity contribution in [3.63, 3.8) is 0 Å². The number of alkyl halides is 3. The Morgan fingerprint density at radius 2 is 2.10 bits per heavy atom. The topological polar surface area (TPSA) is 64.3 Å². The molecule has 1 fully saturated rings. The summed E-state index contributed by atoms with van der Waals surface area (Å²) in [5.41, 5.74) is -0.631. The van der Waals surface area contributed by atoms with Crippen LogP contribution in [0.4, 0.5) is 18.9 Å². The predicted molar refractivity (Wildman–Crippen MR) is 68.7 cm³/mol. The van der Waals surface area contributed by atoms with Crippen LogP contribution in [0.1, 0.15) is 18.1 Å². The van der Waals surface area contributed by atoms with Crippen molar-refractivity contribution in [3.8, 4) is 6.07 Å². The Balaban J connectivity index is 2.34. The summed E-state index contributed by atoms with van der Waals surface area (Å²) in [5, 5.41) is 18.1. The molecule has 21 heavy (non-hydrogen) atoms. The van der Waals surface area contributed by atoms with Crippen LogP contribution in [0, 0.1) is 23.2 Å². The number of nitriles is 1. The van der Waals surface area contributed by atoms with Gasteiger partial charge in [-0.25, -0.2) is 0 Å². The van der Waals surface area contributed by atoms with E-state index in [2.05, 4.69) is 0 Å². The zero-order valence-corrected chi connectivity index (χ0v) is 11.2. The van der Waals surface area contributed by atoms with Gasteiger partial charge >= 0.3 is 12.1 Å². The highest BCUT2D eigenvalue weighted by Gasteiger charge is 2.36. The van der Waals surface area contributed by atoms with Crippen LogP contribution < -0.4 is 4.90 Å². The molecule has 0 bridgehead atoms. The predicted octanol–water partition coefficient (Wildman–Crippen LogP) is 2.73. The molecule has 0 amide bonds. The SMILES string of the molecule is CC1CN(c2ccc(C(F)(F)F)cc2C#N)CC1C(=O)O. The summed E-state index contributed by atoms with van der Waals surface area (Å²) in [7, 11) is 0. The number of aliphatic carboxylic acids is 1. The average molecular weight is 298 g/mol. The summed E-state index contributed by atoms with van der Waals surface area (Å²) in [6.45, 7) is 2.36. The Hall–Kier alpha value is -2.23. The first-order valence-corrected chi connectivity index (χ1v) is 6.33. The highest BCUT2D eigenvalue weighted by molar-refractivity contribution is 5.73. The van der Waals surface area contributed by atoms with Gasteiger partial charge in [0.15, 0.2) is 0 Å². The minimum absolute atomic E-state index is 0.0944. The normalized spacial score (nSPS) is 22.1. The van der Waals surface area contributed by atoms with E-state index in [9.17, 15) is 18.0 Å². The standard InChI is InChI=1S/C14H13F3N2O2/c1-8-6-19(7-11(8)13(20)21)12-3-2-10(14(15,16)17)4-9(12)5-18/h2-4,8,11H,6-7H2,1H3,(H,20,21). The van der Waals surface area contributed by atoms with Gasteiger partial charge in [-0.1, -0.05) is 6.92 Å². The number of hydrogen-bond donors (Lipinski definition) is 1. The van der Waals surface area contributed by atoms with Gasteiger partial charge in [-0.15, -0.1) is 0 Å². The van der Waals surface area contributed by atoms with E-state index in [1.165, 1.54) is 6.07 Å². The second-order valence-electron chi connectivity index (χ2n) is 5.17. The zero-order valence-electron chi connectivity index (χ0n) is 11.2. The molecule has 4 nitrogen and oxygen atoms in total. The number of benzene rings is 1. The molecule has 1 aliphatic heterocycles. The largest absolute Gasteiger partial charge is 0.481 e. The van der Waals surface area contributed by atoms with Gasteiger partial charge in [0.1, 0.15) is 6.07 Å². The fraction of sp³-hybridized carbons (Fsp3) is 0.429. The number of nitrogens with zero attached hydrogens (tertiary/aromatic N) is 2. The van der Waals surface area contributed by atoms with Crippen molar-refractivity contribution in [2.75, 3.05) is 18.0 Å². The first-order valence-electron chi connectivity index (χ1n) is 6.33. The van der Waals surface area contributed by atoms with E-state index < -0.39 is 23.6 Å². The van der Waals surface area contributed by atoms with Crippen molar-refractivity contribution in [2.24, 2.45) is 11.8 Å². The van der Waals surface area contributed by atoms with Crippen molar-refractivity contribution in [2.45, 2.75) is 13.1 Å². The minimum Gasteiger partial charge on any atom is -0.481 e. The second-order valence-corrected chi connectivity index (χ2v) is 5.17. The summed E-state index contributed by atoms with van der Waals surface area (Å²) in [5.74, 6) is -1.65. The molecule has 0 aromatic heterocycles. The summed E-state index contributed by atoms with van der Waals surface area (Å²) in [6.07, 6.45) is -4.51. The number of rotatable bonds is 2. The molecule has 1 aliphatic rings. The smallest absolute Gasteiger partial charge is 0.416 e. The van der Waals surface area contributed by atoms with Gasteiger partial charge in [0.05, 0.1) is 22.7 Å². The first kappa shape index (κ1) is 15.2. The molecule has 0 spiro atoms. The van der Waals surface area contributed by atoms with Gasteiger partial charge in [0, 0.05) is 13.1 Å². The maximum atomic E-state index is 12.6. The lowest BCUT2D eigenvalue weighted by Crippen LogP contribution is -2.23. The van der Waals surface area contributed by atoms with Gasteiger partial charge in [0.2, 0.25) is 0 Å². The fourth-order valence-electron chi connectivity index (χ4n) is 2.56. The maximum Gasteiger partial charge on any atom is 0.416 e.